The second-order valence-corrected chi connectivity index (χ2v) is 5.84. The molecule has 1 aromatic heterocycles. The van der Waals surface area contributed by atoms with E-state index in [2.05, 4.69) is 4.98 Å². The molecule has 2 heterocycles. The first-order chi connectivity index (χ1) is 9.60. The summed E-state index contributed by atoms with van der Waals surface area (Å²) in [5.41, 5.74) is 0.457. The van der Waals surface area contributed by atoms with Gasteiger partial charge in [-0.3, -0.25) is 9.59 Å². The third-order valence-corrected chi connectivity index (χ3v) is 4.23. The van der Waals surface area contributed by atoms with Crippen LogP contribution < -0.4 is 0 Å². The fourth-order valence-corrected chi connectivity index (χ4v) is 3.09. The molecule has 0 saturated carbocycles. The maximum atomic E-state index is 12.3. The summed E-state index contributed by atoms with van der Waals surface area (Å²) in [6.45, 7) is 1.63. The van der Waals surface area contributed by atoms with Crippen LogP contribution in [0.15, 0.2) is 5.38 Å². The summed E-state index contributed by atoms with van der Waals surface area (Å²) in [5, 5.41) is 11.3. The third kappa shape index (κ3) is 3.77. The minimum atomic E-state index is -0.765. The molecule has 1 aliphatic heterocycles. The van der Waals surface area contributed by atoms with Crippen LogP contribution in [0.2, 0.25) is 0 Å². The number of likely N-dealkylation sites (tertiary alicyclic amines) is 1. The van der Waals surface area contributed by atoms with Gasteiger partial charge in [0.2, 0.25) is 0 Å². The Labute approximate surface area is 121 Å². The minimum absolute atomic E-state index is 0.0719. The molecule has 0 radical (unpaired) electrons. The van der Waals surface area contributed by atoms with E-state index in [0.717, 1.165) is 17.8 Å². The Morgan fingerprint density at radius 1 is 1.50 bits per heavy atom. The monoisotopic (exact) mass is 298 g/mol. The maximum absolute atomic E-state index is 12.3. The first-order valence-corrected chi connectivity index (χ1v) is 7.42. The SMILES string of the molecule is COCc1nc(C(=O)N2CCC(CC(=O)O)CC2)cs1. The van der Waals surface area contributed by atoms with Gasteiger partial charge in [0, 0.05) is 32.0 Å². The van der Waals surface area contributed by atoms with Crippen LogP contribution in [0.25, 0.3) is 0 Å². The molecule has 1 fully saturated rings. The fraction of sp³-hybridized carbons (Fsp3) is 0.615. The summed E-state index contributed by atoms with van der Waals surface area (Å²) >= 11 is 1.41. The summed E-state index contributed by atoms with van der Waals surface area (Å²) in [6.07, 6.45) is 1.68. The van der Waals surface area contributed by atoms with E-state index in [4.69, 9.17) is 9.84 Å². The van der Waals surface area contributed by atoms with Gasteiger partial charge in [0.05, 0.1) is 6.61 Å². The fourth-order valence-electron chi connectivity index (χ4n) is 2.35. The number of hydrogen-bond donors (Lipinski definition) is 1. The molecule has 0 unspecified atom stereocenters. The quantitative estimate of drug-likeness (QED) is 0.893. The zero-order valence-corrected chi connectivity index (χ0v) is 12.2. The molecule has 7 heteroatoms. The Balaban J connectivity index is 1.89. The smallest absolute Gasteiger partial charge is 0.303 e. The molecule has 0 aromatic carbocycles. The summed E-state index contributed by atoms with van der Waals surface area (Å²) in [7, 11) is 1.59. The first-order valence-electron chi connectivity index (χ1n) is 6.54. The predicted octanol–water partition coefficient (Wildman–Crippen LogP) is 1.62. The number of carbonyl (C=O) groups excluding carboxylic acids is 1. The van der Waals surface area contributed by atoms with Crippen molar-refractivity contribution < 1.29 is 19.4 Å². The van der Waals surface area contributed by atoms with E-state index < -0.39 is 5.97 Å². The zero-order valence-electron chi connectivity index (χ0n) is 11.4. The number of aromatic nitrogens is 1. The number of piperidine rings is 1. The van der Waals surface area contributed by atoms with Crippen LogP contribution in [0.5, 0.6) is 0 Å². The van der Waals surface area contributed by atoms with E-state index in [-0.39, 0.29) is 18.2 Å². The second-order valence-electron chi connectivity index (χ2n) is 4.89. The molecular formula is C13H18N2O4S. The van der Waals surface area contributed by atoms with Crippen LogP contribution in [0.1, 0.15) is 34.8 Å². The largest absolute Gasteiger partial charge is 0.481 e. The van der Waals surface area contributed by atoms with E-state index in [0.29, 0.717) is 25.4 Å². The van der Waals surface area contributed by atoms with Crippen LogP contribution in [0.3, 0.4) is 0 Å². The van der Waals surface area contributed by atoms with E-state index in [1.165, 1.54) is 11.3 Å². The van der Waals surface area contributed by atoms with Crippen molar-refractivity contribution >= 4 is 23.2 Å². The average molecular weight is 298 g/mol. The lowest BCUT2D eigenvalue weighted by atomic mass is 9.93. The Hall–Kier alpha value is -1.47. The minimum Gasteiger partial charge on any atom is -0.481 e. The van der Waals surface area contributed by atoms with E-state index in [9.17, 15) is 9.59 Å². The standard InChI is InChI=1S/C13H18N2O4S/c1-19-7-11-14-10(8-20-11)13(18)15-4-2-9(3-5-15)6-12(16)17/h8-9H,2-7H2,1H3,(H,16,17). The number of amides is 1. The van der Waals surface area contributed by atoms with Crippen molar-refractivity contribution in [1.29, 1.82) is 0 Å². The lowest BCUT2D eigenvalue weighted by Crippen LogP contribution is -2.39. The summed E-state index contributed by atoms with van der Waals surface area (Å²) in [5.74, 6) is -0.660. The maximum Gasteiger partial charge on any atom is 0.303 e. The topological polar surface area (TPSA) is 79.7 Å². The molecule has 20 heavy (non-hydrogen) atoms. The molecule has 6 nitrogen and oxygen atoms in total. The van der Waals surface area contributed by atoms with Crippen molar-refractivity contribution in [3.8, 4) is 0 Å². The van der Waals surface area contributed by atoms with Gasteiger partial charge >= 0.3 is 5.97 Å². The van der Waals surface area contributed by atoms with Crippen LogP contribution >= 0.6 is 11.3 Å². The number of ether oxygens (including phenoxy) is 1. The summed E-state index contributed by atoms with van der Waals surface area (Å²) < 4.78 is 4.98. The van der Waals surface area contributed by atoms with Crippen LogP contribution in [-0.4, -0.2) is 47.1 Å². The molecule has 0 spiro atoms. The Morgan fingerprint density at radius 3 is 2.80 bits per heavy atom. The normalized spacial score (nSPS) is 16.4. The predicted molar refractivity (Wildman–Crippen MR) is 73.7 cm³/mol. The Kier molecular flexibility index (Phi) is 5.08. The number of methoxy groups -OCH3 is 1. The Morgan fingerprint density at radius 2 is 2.20 bits per heavy atom. The number of carboxylic acid groups (broad SMARTS) is 1. The molecule has 0 bridgehead atoms. The van der Waals surface area contributed by atoms with Gasteiger partial charge in [0.25, 0.3) is 5.91 Å². The van der Waals surface area contributed by atoms with Crippen LogP contribution in [-0.2, 0) is 16.1 Å². The van der Waals surface area contributed by atoms with Gasteiger partial charge in [-0.25, -0.2) is 4.98 Å². The lowest BCUT2D eigenvalue weighted by molar-refractivity contribution is -0.138. The van der Waals surface area contributed by atoms with Crippen molar-refractivity contribution in [3.63, 3.8) is 0 Å². The highest BCUT2D eigenvalue weighted by Gasteiger charge is 2.26. The van der Waals surface area contributed by atoms with Gasteiger partial charge in [-0.15, -0.1) is 11.3 Å². The van der Waals surface area contributed by atoms with E-state index in [1.54, 1.807) is 17.4 Å². The Bertz CT molecular complexity index is 480. The number of hydrogen-bond acceptors (Lipinski definition) is 5. The molecule has 0 atom stereocenters. The van der Waals surface area contributed by atoms with E-state index in [1.807, 2.05) is 0 Å². The van der Waals surface area contributed by atoms with Crippen molar-refractivity contribution in [2.75, 3.05) is 20.2 Å². The summed E-state index contributed by atoms with van der Waals surface area (Å²) in [6, 6.07) is 0. The number of carboxylic acids is 1. The highest BCUT2D eigenvalue weighted by Crippen LogP contribution is 2.22. The summed E-state index contributed by atoms with van der Waals surface area (Å²) in [4.78, 5) is 28.9. The number of aliphatic carboxylic acids is 1. The van der Waals surface area contributed by atoms with E-state index >= 15 is 0 Å². The van der Waals surface area contributed by atoms with Gasteiger partial charge in [-0.2, -0.15) is 0 Å². The molecule has 1 N–H and O–H groups in total. The molecule has 1 aliphatic rings. The van der Waals surface area contributed by atoms with Gasteiger partial charge in [-0.05, 0) is 18.8 Å². The second kappa shape index (κ2) is 6.81. The average Bonchev–Trinajstić information content (AvgIpc) is 2.87. The lowest BCUT2D eigenvalue weighted by Gasteiger charge is -2.30. The number of rotatable bonds is 5. The van der Waals surface area contributed by atoms with Crippen molar-refractivity contribution in [2.24, 2.45) is 5.92 Å². The third-order valence-electron chi connectivity index (χ3n) is 3.40. The molecule has 1 aromatic rings. The highest BCUT2D eigenvalue weighted by molar-refractivity contribution is 7.09. The van der Waals surface area contributed by atoms with Crippen molar-refractivity contribution in [2.45, 2.75) is 25.9 Å². The molecule has 0 aliphatic carbocycles. The van der Waals surface area contributed by atoms with Crippen molar-refractivity contribution in [3.05, 3.63) is 16.1 Å². The highest BCUT2D eigenvalue weighted by atomic mass is 32.1. The van der Waals surface area contributed by atoms with Crippen LogP contribution in [0.4, 0.5) is 0 Å². The van der Waals surface area contributed by atoms with Gasteiger partial charge in [-0.1, -0.05) is 0 Å². The molecule has 1 amide bonds. The molecule has 110 valence electrons. The number of thiazole rings is 1. The molecular weight excluding hydrogens is 280 g/mol. The first kappa shape index (κ1) is 14.9. The number of nitrogens with zero attached hydrogens (tertiary/aromatic N) is 2. The zero-order chi connectivity index (χ0) is 14.5. The van der Waals surface area contributed by atoms with Gasteiger partial charge < -0.3 is 14.7 Å². The number of carbonyl (C=O) groups is 2. The van der Waals surface area contributed by atoms with Gasteiger partial charge in [0.15, 0.2) is 0 Å². The molecule has 2 rings (SSSR count). The van der Waals surface area contributed by atoms with Gasteiger partial charge in [0.1, 0.15) is 10.7 Å². The van der Waals surface area contributed by atoms with Crippen LogP contribution in [0, 0.1) is 5.92 Å². The molecule has 1 saturated heterocycles. The van der Waals surface area contributed by atoms with Crippen molar-refractivity contribution in [1.82, 2.24) is 9.88 Å².